The summed E-state index contributed by atoms with van der Waals surface area (Å²) in [4.78, 5) is 16.6. The highest BCUT2D eigenvalue weighted by Gasteiger charge is 2.27. The summed E-state index contributed by atoms with van der Waals surface area (Å²) in [5.41, 5.74) is 0. The Hall–Kier alpha value is -0.770. The van der Waals surface area contributed by atoms with Gasteiger partial charge in [-0.25, -0.2) is 4.79 Å². The van der Waals surface area contributed by atoms with Gasteiger partial charge < -0.3 is 10.2 Å². The molecule has 2 amide bonds. The summed E-state index contributed by atoms with van der Waals surface area (Å²) >= 11 is 0. The highest BCUT2D eigenvalue weighted by atomic mass is 16.2. The molecule has 1 atom stereocenters. The van der Waals surface area contributed by atoms with E-state index in [1.807, 2.05) is 4.90 Å². The van der Waals surface area contributed by atoms with E-state index < -0.39 is 0 Å². The van der Waals surface area contributed by atoms with E-state index in [2.05, 4.69) is 24.2 Å². The van der Waals surface area contributed by atoms with Crippen LogP contribution in [-0.4, -0.2) is 54.6 Å². The molecule has 1 saturated carbocycles. The molecule has 18 heavy (non-hydrogen) atoms. The van der Waals surface area contributed by atoms with Crippen molar-refractivity contribution in [2.24, 2.45) is 0 Å². The standard InChI is InChI=1S/C14H27N3O/c1-3-13-11-17(10-9-16(13)2)14(18)15-12-7-5-4-6-8-12/h12-13H,3-11H2,1-2H3,(H,15,18). The first kappa shape index (κ1) is 13.7. The predicted octanol–water partition coefficient (Wildman–Crippen LogP) is 2.05. The van der Waals surface area contributed by atoms with Gasteiger partial charge in [0.2, 0.25) is 0 Å². The number of urea groups is 1. The number of carbonyl (C=O) groups excluding carboxylic acids is 1. The van der Waals surface area contributed by atoms with E-state index in [-0.39, 0.29) is 6.03 Å². The van der Waals surface area contributed by atoms with E-state index in [1.165, 1.54) is 19.3 Å². The summed E-state index contributed by atoms with van der Waals surface area (Å²) in [6, 6.07) is 1.11. The van der Waals surface area contributed by atoms with E-state index >= 15 is 0 Å². The first-order chi connectivity index (χ1) is 8.70. The summed E-state index contributed by atoms with van der Waals surface area (Å²) in [6.45, 7) is 4.94. The van der Waals surface area contributed by atoms with Gasteiger partial charge in [0.25, 0.3) is 0 Å². The maximum Gasteiger partial charge on any atom is 0.317 e. The summed E-state index contributed by atoms with van der Waals surface area (Å²) in [5.74, 6) is 0. The van der Waals surface area contributed by atoms with Crippen LogP contribution in [0.4, 0.5) is 4.79 Å². The Kier molecular flexibility index (Phi) is 4.87. The molecule has 2 rings (SSSR count). The maximum absolute atomic E-state index is 12.2. The Morgan fingerprint density at radius 3 is 2.61 bits per heavy atom. The summed E-state index contributed by atoms with van der Waals surface area (Å²) in [5, 5.41) is 3.22. The number of likely N-dealkylation sites (N-methyl/N-ethyl adjacent to an activating group) is 1. The molecule has 1 N–H and O–H groups in total. The van der Waals surface area contributed by atoms with Gasteiger partial charge in [0.15, 0.2) is 0 Å². The quantitative estimate of drug-likeness (QED) is 0.817. The zero-order valence-electron chi connectivity index (χ0n) is 11.8. The molecule has 0 aromatic carbocycles. The molecule has 1 aliphatic heterocycles. The lowest BCUT2D eigenvalue weighted by molar-refractivity contribution is 0.105. The van der Waals surface area contributed by atoms with Gasteiger partial charge in [-0.05, 0) is 26.3 Å². The van der Waals surface area contributed by atoms with Crippen molar-refractivity contribution >= 4 is 6.03 Å². The van der Waals surface area contributed by atoms with E-state index in [4.69, 9.17) is 0 Å². The highest BCUT2D eigenvalue weighted by molar-refractivity contribution is 5.74. The fourth-order valence-electron chi connectivity index (χ4n) is 3.08. The third kappa shape index (κ3) is 3.37. The number of hydrogen-bond donors (Lipinski definition) is 1. The number of nitrogens with one attached hydrogen (secondary N) is 1. The average Bonchev–Trinajstić information content (AvgIpc) is 2.40. The molecule has 1 aliphatic carbocycles. The molecule has 0 radical (unpaired) electrons. The summed E-state index contributed by atoms with van der Waals surface area (Å²) in [7, 11) is 2.16. The minimum Gasteiger partial charge on any atom is -0.335 e. The minimum atomic E-state index is 0.161. The first-order valence-corrected chi connectivity index (χ1v) is 7.46. The molecule has 104 valence electrons. The second-order valence-electron chi connectivity index (χ2n) is 5.77. The largest absolute Gasteiger partial charge is 0.335 e. The van der Waals surface area contributed by atoms with Crippen molar-refractivity contribution in [1.82, 2.24) is 15.1 Å². The van der Waals surface area contributed by atoms with Crippen LogP contribution in [0, 0.1) is 0 Å². The third-order valence-electron chi connectivity index (χ3n) is 4.47. The van der Waals surface area contributed by atoms with Crippen LogP contribution < -0.4 is 5.32 Å². The van der Waals surface area contributed by atoms with Crippen LogP contribution in [0.25, 0.3) is 0 Å². The Morgan fingerprint density at radius 1 is 1.22 bits per heavy atom. The van der Waals surface area contributed by atoms with Gasteiger partial charge in [-0.3, -0.25) is 4.90 Å². The first-order valence-electron chi connectivity index (χ1n) is 7.46. The van der Waals surface area contributed by atoms with Gasteiger partial charge in [0.1, 0.15) is 0 Å². The molecule has 1 saturated heterocycles. The molecule has 0 spiro atoms. The van der Waals surface area contributed by atoms with E-state index in [9.17, 15) is 4.79 Å². The number of carbonyl (C=O) groups is 1. The van der Waals surface area contributed by atoms with E-state index in [1.54, 1.807) is 0 Å². The van der Waals surface area contributed by atoms with E-state index in [0.717, 1.165) is 38.9 Å². The fraction of sp³-hybridized carbons (Fsp3) is 0.929. The number of hydrogen-bond acceptors (Lipinski definition) is 2. The van der Waals surface area contributed by atoms with Gasteiger partial charge in [-0.1, -0.05) is 26.2 Å². The van der Waals surface area contributed by atoms with Crippen LogP contribution in [0.3, 0.4) is 0 Å². The zero-order chi connectivity index (χ0) is 13.0. The number of nitrogens with zero attached hydrogens (tertiary/aromatic N) is 2. The topological polar surface area (TPSA) is 35.6 Å². The van der Waals surface area contributed by atoms with Crippen molar-refractivity contribution in [3.05, 3.63) is 0 Å². The predicted molar refractivity (Wildman–Crippen MR) is 73.7 cm³/mol. The Labute approximate surface area is 111 Å². The van der Waals surface area contributed by atoms with Crippen LogP contribution in [0.5, 0.6) is 0 Å². The lowest BCUT2D eigenvalue weighted by Gasteiger charge is -2.39. The highest BCUT2D eigenvalue weighted by Crippen LogP contribution is 2.18. The van der Waals surface area contributed by atoms with E-state index in [0.29, 0.717) is 12.1 Å². The van der Waals surface area contributed by atoms with Gasteiger partial charge in [-0.15, -0.1) is 0 Å². The molecule has 2 aliphatic rings. The average molecular weight is 253 g/mol. The smallest absolute Gasteiger partial charge is 0.317 e. The van der Waals surface area contributed by atoms with Gasteiger partial charge in [0, 0.05) is 31.7 Å². The van der Waals surface area contributed by atoms with Crippen LogP contribution in [0.15, 0.2) is 0 Å². The number of piperazine rings is 1. The lowest BCUT2D eigenvalue weighted by atomic mass is 9.96. The second-order valence-corrected chi connectivity index (χ2v) is 5.77. The molecule has 1 heterocycles. The maximum atomic E-state index is 12.2. The molecular formula is C14H27N3O. The molecule has 0 aromatic rings. The van der Waals surface area contributed by atoms with Crippen molar-refractivity contribution in [3.8, 4) is 0 Å². The molecular weight excluding hydrogens is 226 g/mol. The van der Waals surface area contributed by atoms with Gasteiger partial charge in [-0.2, -0.15) is 0 Å². The van der Waals surface area contributed by atoms with Crippen molar-refractivity contribution in [2.45, 2.75) is 57.5 Å². The number of rotatable bonds is 2. The van der Waals surface area contributed by atoms with Crippen LogP contribution in [-0.2, 0) is 0 Å². The Balaban J connectivity index is 1.81. The number of amides is 2. The SMILES string of the molecule is CCC1CN(C(=O)NC2CCCCC2)CCN1C. The molecule has 1 unspecified atom stereocenters. The Morgan fingerprint density at radius 2 is 1.94 bits per heavy atom. The molecule has 4 heteroatoms. The van der Waals surface area contributed by atoms with Gasteiger partial charge in [0.05, 0.1) is 0 Å². The minimum absolute atomic E-state index is 0.161. The van der Waals surface area contributed by atoms with Crippen LogP contribution in [0.2, 0.25) is 0 Å². The lowest BCUT2D eigenvalue weighted by Crippen LogP contribution is -2.56. The summed E-state index contributed by atoms with van der Waals surface area (Å²) in [6.07, 6.45) is 7.31. The zero-order valence-corrected chi connectivity index (χ0v) is 11.8. The van der Waals surface area contributed by atoms with Crippen molar-refractivity contribution in [1.29, 1.82) is 0 Å². The molecule has 2 fully saturated rings. The summed E-state index contributed by atoms with van der Waals surface area (Å²) < 4.78 is 0. The van der Waals surface area contributed by atoms with Gasteiger partial charge >= 0.3 is 6.03 Å². The van der Waals surface area contributed by atoms with Crippen molar-refractivity contribution < 1.29 is 4.79 Å². The molecule has 0 aromatic heterocycles. The van der Waals surface area contributed by atoms with Crippen LogP contribution in [0.1, 0.15) is 45.4 Å². The Bertz CT molecular complexity index is 276. The van der Waals surface area contributed by atoms with Crippen molar-refractivity contribution in [2.75, 3.05) is 26.7 Å². The normalized spacial score (nSPS) is 27.2. The second kappa shape index (κ2) is 6.41. The van der Waals surface area contributed by atoms with Crippen molar-refractivity contribution in [3.63, 3.8) is 0 Å². The monoisotopic (exact) mass is 253 g/mol. The van der Waals surface area contributed by atoms with Crippen LogP contribution >= 0.6 is 0 Å². The molecule has 0 bridgehead atoms. The third-order valence-corrected chi connectivity index (χ3v) is 4.47. The fourth-order valence-corrected chi connectivity index (χ4v) is 3.08. The molecule has 4 nitrogen and oxygen atoms in total.